The molecule has 0 atom stereocenters. The van der Waals surface area contributed by atoms with Crippen LogP contribution in [-0.4, -0.2) is 21.3 Å². The molecule has 0 aliphatic heterocycles. The highest BCUT2D eigenvalue weighted by Crippen LogP contribution is 2.26. The lowest BCUT2D eigenvalue weighted by Gasteiger charge is -2.07. The Labute approximate surface area is 118 Å². The fraction of sp³-hybridized carbons (Fsp3) is 0.231. The SMILES string of the molecule is Cc1ccc(OCc2n[nH]c(C)c2C(=O)O)c(Br)c1. The summed E-state index contributed by atoms with van der Waals surface area (Å²) < 4.78 is 6.42. The van der Waals surface area contributed by atoms with Crippen LogP contribution in [0.4, 0.5) is 0 Å². The Kier molecular flexibility index (Phi) is 3.90. The van der Waals surface area contributed by atoms with Crippen LogP contribution in [0.3, 0.4) is 0 Å². The third-order valence-electron chi connectivity index (χ3n) is 2.69. The smallest absolute Gasteiger partial charge is 0.339 e. The molecule has 2 rings (SSSR count). The van der Waals surface area contributed by atoms with Gasteiger partial charge in [0.2, 0.25) is 0 Å². The highest BCUT2D eigenvalue weighted by Gasteiger charge is 2.17. The summed E-state index contributed by atoms with van der Waals surface area (Å²) in [6, 6.07) is 5.69. The van der Waals surface area contributed by atoms with Crippen LogP contribution in [0.25, 0.3) is 0 Å². The number of carboxylic acid groups (broad SMARTS) is 1. The Morgan fingerprint density at radius 1 is 1.47 bits per heavy atom. The van der Waals surface area contributed by atoms with E-state index in [1.807, 2.05) is 25.1 Å². The predicted molar refractivity (Wildman–Crippen MR) is 73.5 cm³/mol. The number of aromatic carboxylic acids is 1. The van der Waals surface area contributed by atoms with Gasteiger partial charge < -0.3 is 9.84 Å². The average molecular weight is 325 g/mol. The Bertz CT molecular complexity index is 622. The topological polar surface area (TPSA) is 75.2 Å². The molecule has 0 saturated carbocycles. The number of aryl methyl sites for hydroxylation is 2. The zero-order valence-electron chi connectivity index (χ0n) is 10.5. The third kappa shape index (κ3) is 2.96. The molecular weight excluding hydrogens is 312 g/mol. The molecule has 0 unspecified atom stereocenters. The van der Waals surface area contributed by atoms with Crippen molar-refractivity contribution >= 4 is 21.9 Å². The van der Waals surface area contributed by atoms with Gasteiger partial charge in [-0.15, -0.1) is 0 Å². The number of nitrogens with one attached hydrogen (secondary N) is 1. The number of rotatable bonds is 4. The minimum atomic E-state index is -1.01. The van der Waals surface area contributed by atoms with Crippen molar-refractivity contribution in [3.63, 3.8) is 0 Å². The number of carboxylic acids is 1. The maximum Gasteiger partial charge on any atom is 0.339 e. The predicted octanol–water partition coefficient (Wildman–Crippen LogP) is 3.07. The molecule has 0 fully saturated rings. The first kappa shape index (κ1) is 13.6. The average Bonchev–Trinajstić information content (AvgIpc) is 2.69. The summed E-state index contributed by atoms with van der Waals surface area (Å²) in [4.78, 5) is 11.1. The van der Waals surface area contributed by atoms with E-state index in [1.54, 1.807) is 6.92 Å². The van der Waals surface area contributed by atoms with Crippen molar-refractivity contribution in [1.82, 2.24) is 10.2 Å². The van der Waals surface area contributed by atoms with Gasteiger partial charge in [0.05, 0.1) is 4.47 Å². The summed E-state index contributed by atoms with van der Waals surface area (Å²) in [5.41, 5.74) is 2.19. The molecule has 100 valence electrons. The molecule has 0 spiro atoms. The first-order valence-electron chi connectivity index (χ1n) is 5.65. The molecular formula is C13H13BrN2O3. The molecule has 0 aliphatic carbocycles. The van der Waals surface area contributed by atoms with Crippen molar-refractivity contribution in [3.8, 4) is 5.75 Å². The standard InChI is InChI=1S/C13H13BrN2O3/c1-7-3-4-11(9(14)5-7)19-6-10-12(13(17)18)8(2)15-16-10/h3-5H,6H2,1-2H3,(H,15,16)(H,17,18). The number of benzene rings is 1. The zero-order chi connectivity index (χ0) is 14.0. The van der Waals surface area contributed by atoms with Gasteiger partial charge in [-0.25, -0.2) is 4.79 Å². The van der Waals surface area contributed by atoms with Crippen LogP contribution in [0.15, 0.2) is 22.7 Å². The quantitative estimate of drug-likeness (QED) is 0.906. The summed E-state index contributed by atoms with van der Waals surface area (Å²) in [5.74, 6) is -0.351. The number of aromatic amines is 1. The minimum Gasteiger partial charge on any atom is -0.486 e. The summed E-state index contributed by atoms with van der Waals surface area (Å²) >= 11 is 3.40. The van der Waals surface area contributed by atoms with E-state index in [4.69, 9.17) is 9.84 Å². The van der Waals surface area contributed by atoms with Crippen molar-refractivity contribution in [1.29, 1.82) is 0 Å². The number of halogens is 1. The summed E-state index contributed by atoms with van der Waals surface area (Å²) in [6.45, 7) is 3.75. The molecule has 5 nitrogen and oxygen atoms in total. The van der Waals surface area contributed by atoms with Crippen molar-refractivity contribution in [2.75, 3.05) is 0 Å². The molecule has 1 heterocycles. The number of ether oxygens (including phenoxy) is 1. The van der Waals surface area contributed by atoms with E-state index in [1.165, 1.54) is 0 Å². The summed E-state index contributed by atoms with van der Waals surface area (Å²) in [5, 5.41) is 15.7. The number of H-pyrrole nitrogens is 1. The number of aromatic nitrogens is 2. The van der Waals surface area contributed by atoms with Gasteiger partial charge in [0.15, 0.2) is 0 Å². The lowest BCUT2D eigenvalue weighted by atomic mass is 10.2. The van der Waals surface area contributed by atoms with Gasteiger partial charge in [-0.3, -0.25) is 5.10 Å². The van der Waals surface area contributed by atoms with Crippen LogP contribution in [0.5, 0.6) is 5.75 Å². The Morgan fingerprint density at radius 3 is 2.84 bits per heavy atom. The maximum absolute atomic E-state index is 11.1. The fourth-order valence-corrected chi connectivity index (χ4v) is 2.34. The second kappa shape index (κ2) is 5.44. The van der Waals surface area contributed by atoms with E-state index in [-0.39, 0.29) is 12.2 Å². The molecule has 0 bridgehead atoms. The van der Waals surface area contributed by atoms with Gasteiger partial charge in [0.25, 0.3) is 0 Å². The molecule has 2 N–H and O–H groups in total. The highest BCUT2D eigenvalue weighted by molar-refractivity contribution is 9.10. The van der Waals surface area contributed by atoms with Crippen LogP contribution < -0.4 is 4.74 Å². The van der Waals surface area contributed by atoms with E-state index in [0.717, 1.165) is 10.0 Å². The van der Waals surface area contributed by atoms with Crippen LogP contribution in [-0.2, 0) is 6.61 Å². The van der Waals surface area contributed by atoms with E-state index in [0.29, 0.717) is 17.1 Å². The van der Waals surface area contributed by atoms with Crippen LogP contribution in [0.2, 0.25) is 0 Å². The van der Waals surface area contributed by atoms with Gasteiger partial charge in [-0.1, -0.05) is 6.07 Å². The Hall–Kier alpha value is -1.82. The van der Waals surface area contributed by atoms with E-state index >= 15 is 0 Å². The van der Waals surface area contributed by atoms with Crippen LogP contribution >= 0.6 is 15.9 Å². The molecule has 19 heavy (non-hydrogen) atoms. The number of carbonyl (C=O) groups is 1. The molecule has 2 aromatic rings. The van der Waals surface area contributed by atoms with Gasteiger partial charge in [0, 0.05) is 5.69 Å². The van der Waals surface area contributed by atoms with Crippen molar-refractivity contribution < 1.29 is 14.6 Å². The monoisotopic (exact) mass is 324 g/mol. The second-order valence-electron chi connectivity index (χ2n) is 4.20. The summed E-state index contributed by atoms with van der Waals surface area (Å²) in [6.07, 6.45) is 0. The number of hydrogen-bond acceptors (Lipinski definition) is 3. The fourth-order valence-electron chi connectivity index (χ4n) is 1.74. The Morgan fingerprint density at radius 2 is 2.21 bits per heavy atom. The largest absolute Gasteiger partial charge is 0.486 e. The van der Waals surface area contributed by atoms with Crippen molar-refractivity contribution in [2.24, 2.45) is 0 Å². The van der Waals surface area contributed by atoms with Crippen molar-refractivity contribution in [3.05, 3.63) is 45.2 Å². The molecule has 0 aliphatic rings. The van der Waals surface area contributed by atoms with Crippen LogP contribution in [0, 0.1) is 13.8 Å². The normalized spacial score (nSPS) is 10.5. The molecule has 0 amide bonds. The van der Waals surface area contributed by atoms with Gasteiger partial charge in [-0.2, -0.15) is 5.10 Å². The van der Waals surface area contributed by atoms with Gasteiger partial charge in [0.1, 0.15) is 23.6 Å². The van der Waals surface area contributed by atoms with Crippen LogP contribution in [0.1, 0.15) is 27.3 Å². The zero-order valence-corrected chi connectivity index (χ0v) is 12.1. The first-order valence-corrected chi connectivity index (χ1v) is 6.44. The first-order chi connectivity index (χ1) is 8.99. The van der Waals surface area contributed by atoms with E-state index < -0.39 is 5.97 Å². The molecule has 6 heteroatoms. The lowest BCUT2D eigenvalue weighted by molar-refractivity contribution is 0.0693. The molecule has 0 saturated heterocycles. The number of nitrogens with zero attached hydrogens (tertiary/aromatic N) is 1. The van der Waals surface area contributed by atoms with Crippen molar-refractivity contribution in [2.45, 2.75) is 20.5 Å². The Balaban J connectivity index is 2.17. The van der Waals surface area contributed by atoms with Gasteiger partial charge >= 0.3 is 5.97 Å². The highest BCUT2D eigenvalue weighted by atomic mass is 79.9. The summed E-state index contributed by atoms with van der Waals surface area (Å²) in [7, 11) is 0. The molecule has 1 aromatic carbocycles. The van der Waals surface area contributed by atoms with E-state index in [9.17, 15) is 4.79 Å². The maximum atomic E-state index is 11.1. The van der Waals surface area contributed by atoms with Gasteiger partial charge in [-0.05, 0) is 47.5 Å². The third-order valence-corrected chi connectivity index (χ3v) is 3.31. The van der Waals surface area contributed by atoms with E-state index in [2.05, 4.69) is 26.1 Å². The number of hydrogen-bond donors (Lipinski definition) is 2. The molecule has 0 radical (unpaired) electrons. The lowest BCUT2D eigenvalue weighted by Crippen LogP contribution is -2.05. The minimum absolute atomic E-state index is 0.105. The second-order valence-corrected chi connectivity index (χ2v) is 5.05. The molecule has 1 aromatic heterocycles.